The maximum Gasteiger partial charge on any atom is 0.407 e. The molecule has 2 N–H and O–H groups in total. The number of carbonyl (C=O) groups is 2. The van der Waals surface area contributed by atoms with Crippen LogP contribution in [0.25, 0.3) is 0 Å². The summed E-state index contributed by atoms with van der Waals surface area (Å²) in [5.41, 5.74) is 3.23. The first-order valence-corrected chi connectivity index (χ1v) is 11.6. The second kappa shape index (κ2) is 10.2. The molecule has 1 fully saturated rings. The Labute approximate surface area is 188 Å². The number of aryl methyl sites for hydroxylation is 2. The zero-order valence-corrected chi connectivity index (χ0v) is 19.6. The van der Waals surface area contributed by atoms with Crippen molar-refractivity contribution in [1.82, 2.24) is 15.2 Å². The number of amides is 2. The average molecular weight is 445 g/mol. The van der Waals surface area contributed by atoms with Crippen LogP contribution in [-0.4, -0.2) is 46.6 Å². The van der Waals surface area contributed by atoms with Gasteiger partial charge in [-0.05, 0) is 51.2 Å². The highest BCUT2D eigenvalue weighted by Gasteiger charge is 2.26. The number of nitrogens with zero attached hydrogens (tertiary/aromatic N) is 2. The lowest BCUT2D eigenvalue weighted by molar-refractivity contribution is -0.114. The van der Waals surface area contributed by atoms with Crippen molar-refractivity contribution in [3.63, 3.8) is 0 Å². The Kier molecular flexibility index (Phi) is 7.67. The topological polar surface area (TPSA) is 83.6 Å². The first kappa shape index (κ1) is 23.2. The Bertz CT molecular complexity index is 889. The zero-order valence-electron chi connectivity index (χ0n) is 18.7. The summed E-state index contributed by atoms with van der Waals surface area (Å²) in [5.74, 6) is -0.0967. The zero-order chi connectivity index (χ0) is 22.4. The van der Waals surface area contributed by atoms with Gasteiger partial charge in [0.1, 0.15) is 6.10 Å². The fraction of sp³-hybridized carbons (Fsp3) is 0.522. The Balaban J connectivity index is 1.42. The van der Waals surface area contributed by atoms with Crippen LogP contribution in [0.15, 0.2) is 29.6 Å². The molecule has 1 aromatic carbocycles. The molecule has 2 amide bonds. The van der Waals surface area contributed by atoms with E-state index in [0.29, 0.717) is 5.13 Å². The molecule has 0 saturated carbocycles. The molecule has 1 atom stereocenters. The van der Waals surface area contributed by atoms with Gasteiger partial charge in [-0.25, -0.2) is 9.78 Å². The first-order valence-electron chi connectivity index (χ1n) is 10.7. The second-order valence-electron chi connectivity index (χ2n) is 9.07. The van der Waals surface area contributed by atoms with Crippen molar-refractivity contribution < 1.29 is 14.3 Å². The van der Waals surface area contributed by atoms with Gasteiger partial charge in [0.25, 0.3) is 0 Å². The van der Waals surface area contributed by atoms with Gasteiger partial charge in [0.15, 0.2) is 5.13 Å². The van der Waals surface area contributed by atoms with E-state index in [1.165, 1.54) is 29.4 Å². The normalized spacial score (nSPS) is 16.8. The minimum Gasteiger partial charge on any atom is -0.445 e. The average Bonchev–Trinajstić information content (AvgIpc) is 3.28. The summed E-state index contributed by atoms with van der Waals surface area (Å²) < 4.78 is 5.55. The molecular formula is C23H32N4O3S. The van der Waals surface area contributed by atoms with Crippen LogP contribution < -0.4 is 10.6 Å². The summed E-state index contributed by atoms with van der Waals surface area (Å²) in [6.45, 7) is 9.86. The third-order valence-electron chi connectivity index (χ3n) is 4.91. The molecule has 1 aliphatic rings. The Morgan fingerprint density at radius 3 is 2.58 bits per heavy atom. The van der Waals surface area contributed by atoms with Crippen molar-refractivity contribution in [2.75, 3.05) is 18.4 Å². The lowest BCUT2D eigenvalue weighted by Gasteiger charge is -2.22. The standard InChI is InChI=1S/C23H32N4O3S/c1-16(28)24-21-25-19(15-31-21)10-9-17-5-7-18(8-6-17)13-27-12-11-20(14-27)30-22(29)26-23(2,3)4/h5-8,15,20H,9-14H2,1-4H3,(H,26,29)(H,24,25,28). The van der Waals surface area contributed by atoms with Crippen molar-refractivity contribution >= 4 is 28.5 Å². The molecule has 0 aliphatic carbocycles. The van der Waals surface area contributed by atoms with E-state index in [1.807, 2.05) is 26.2 Å². The minimum atomic E-state index is -0.340. The number of carbonyl (C=O) groups excluding carboxylic acids is 2. The van der Waals surface area contributed by atoms with Gasteiger partial charge < -0.3 is 15.4 Å². The molecule has 7 nitrogen and oxygen atoms in total. The molecule has 1 saturated heterocycles. The molecule has 8 heteroatoms. The van der Waals surface area contributed by atoms with E-state index in [4.69, 9.17) is 4.74 Å². The predicted molar refractivity (Wildman–Crippen MR) is 123 cm³/mol. The fourth-order valence-electron chi connectivity index (χ4n) is 3.50. The van der Waals surface area contributed by atoms with Crippen LogP contribution >= 0.6 is 11.3 Å². The third kappa shape index (κ3) is 7.95. The minimum absolute atomic E-state index is 0.0536. The molecule has 1 aromatic heterocycles. The Morgan fingerprint density at radius 1 is 1.19 bits per heavy atom. The van der Waals surface area contributed by atoms with Gasteiger partial charge in [0.05, 0.1) is 5.69 Å². The predicted octanol–water partition coefficient (Wildman–Crippen LogP) is 3.99. The highest BCUT2D eigenvalue weighted by molar-refractivity contribution is 7.13. The molecule has 1 unspecified atom stereocenters. The summed E-state index contributed by atoms with van der Waals surface area (Å²) in [6.07, 6.45) is 2.22. The van der Waals surface area contributed by atoms with Crippen molar-refractivity contribution in [3.05, 3.63) is 46.5 Å². The number of hydrogen-bond acceptors (Lipinski definition) is 6. The van der Waals surface area contributed by atoms with Crippen LogP contribution in [0.1, 0.15) is 50.9 Å². The number of alkyl carbamates (subject to hydrolysis) is 1. The number of benzene rings is 1. The molecule has 2 aromatic rings. The number of anilines is 1. The smallest absolute Gasteiger partial charge is 0.407 e. The summed E-state index contributed by atoms with van der Waals surface area (Å²) in [5, 5.41) is 8.22. The summed E-state index contributed by atoms with van der Waals surface area (Å²) in [7, 11) is 0. The van der Waals surface area contributed by atoms with Gasteiger partial charge in [0, 0.05) is 37.5 Å². The van der Waals surface area contributed by atoms with Crippen LogP contribution in [0.5, 0.6) is 0 Å². The van der Waals surface area contributed by atoms with Crippen molar-refractivity contribution in [2.24, 2.45) is 0 Å². The van der Waals surface area contributed by atoms with E-state index in [2.05, 4.69) is 44.8 Å². The van der Waals surface area contributed by atoms with E-state index in [0.717, 1.165) is 44.6 Å². The van der Waals surface area contributed by atoms with Crippen molar-refractivity contribution in [3.8, 4) is 0 Å². The lowest BCUT2D eigenvalue weighted by atomic mass is 10.1. The highest BCUT2D eigenvalue weighted by Crippen LogP contribution is 2.19. The Morgan fingerprint density at radius 2 is 1.90 bits per heavy atom. The monoisotopic (exact) mass is 444 g/mol. The number of likely N-dealkylation sites (tertiary alicyclic amines) is 1. The van der Waals surface area contributed by atoms with E-state index in [1.54, 1.807) is 0 Å². The van der Waals surface area contributed by atoms with Crippen LogP contribution in [0.2, 0.25) is 0 Å². The van der Waals surface area contributed by atoms with E-state index < -0.39 is 0 Å². The SMILES string of the molecule is CC(=O)Nc1nc(CCc2ccc(CN3CCC(OC(=O)NC(C)(C)C)C3)cc2)cs1. The summed E-state index contributed by atoms with van der Waals surface area (Å²) in [4.78, 5) is 29.8. The van der Waals surface area contributed by atoms with Crippen LogP contribution in [0, 0.1) is 0 Å². The molecular weight excluding hydrogens is 412 g/mol. The lowest BCUT2D eigenvalue weighted by Crippen LogP contribution is -2.42. The molecule has 2 heterocycles. The highest BCUT2D eigenvalue weighted by atomic mass is 32.1. The number of thiazole rings is 1. The largest absolute Gasteiger partial charge is 0.445 e. The summed E-state index contributed by atoms with van der Waals surface area (Å²) >= 11 is 1.46. The van der Waals surface area contributed by atoms with Gasteiger partial charge in [-0.1, -0.05) is 24.3 Å². The van der Waals surface area contributed by atoms with Gasteiger partial charge in [-0.3, -0.25) is 9.69 Å². The number of aromatic nitrogens is 1. The molecule has 1 aliphatic heterocycles. The first-order chi connectivity index (χ1) is 14.7. The maximum absolute atomic E-state index is 12.0. The van der Waals surface area contributed by atoms with Crippen molar-refractivity contribution in [1.29, 1.82) is 0 Å². The summed E-state index contributed by atoms with van der Waals surface area (Å²) in [6, 6.07) is 8.66. The fourth-order valence-corrected chi connectivity index (χ4v) is 4.29. The van der Waals surface area contributed by atoms with Crippen LogP contribution in [0.4, 0.5) is 9.93 Å². The third-order valence-corrected chi connectivity index (χ3v) is 5.72. The molecule has 3 rings (SSSR count). The molecule has 0 bridgehead atoms. The number of rotatable bonds is 7. The van der Waals surface area contributed by atoms with E-state index >= 15 is 0 Å². The maximum atomic E-state index is 12.0. The van der Waals surface area contributed by atoms with Gasteiger partial charge in [-0.2, -0.15) is 0 Å². The molecule has 168 valence electrons. The molecule has 31 heavy (non-hydrogen) atoms. The van der Waals surface area contributed by atoms with E-state index in [-0.39, 0.29) is 23.6 Å². The van der Waals surface area contributed by atoms with Gasteiger partial charge in [-0.15, -0.1) is 11.3 Å². The van der Waals surface area contributed by atoms with Gasteiger partial charge >= 0.3 is 6.09 Å². The number of ether oxygens (including phenoxy) is 1. The Hall–Kier alpha value is -2.45. The quantitative estimate of drug-likeness (QED) is 0.675. The van der Waals surface area contributed by atoms with Crippen molar-refractivity contribution in [2.45, 2.75) is 65.1 Å². The number of hydrogen-bond donors (Lipinski definition) is 2. The molecule has 0 radical (unpaired) electrons. The van der Waals surface area contributed by atoms with Gasteiger partial charge in [0.2, 0.25) is 5.91 Å². The molecule has 0 spiro atoms. The van der Waals surface area contributed by atoms with Crippen LogP contribution in [0.3, 0.4) is 0 Å². The second-order valence-corrected chi connectivity index (χ2v) is 9.93. The number of nitrogens with one attached hydrogen (secondary N) is 2. The van der Waals surface area contributed by atoms with Crippen LogP contribution in [-0.2, 0) is 28.9 Å². The van der Waals surface area contributed by atoms with E-state index in [9.17, 15) is 9.59 Å².